The van der Waals surface area contributed by atoms with Crippen LogP contribution in [-0.2, 0) is 0 Å². The molecule has 2 aliphatic rings. The van der Waals surface area contributed by atoms with Gasteiger partial charge >= 0.3 is 0 Å². The molecule has 284 valence electrons. The number of unbranched alkanes of at least 4 members (excludes halogenated alkanes) is 13. The van der Waals surface area contributed by atoms with Crippen LogP contribution in [0.25, 0.3) is 67.0 Å². The highest BCUT2D eigenvalue weighted by molar-refractivity contribution is 14.1. The number of nitrogens with one attached hydrogen (secondary N) is 1. The van der Waals surface area contributed by atoms with Gasteiger partial charge in [-0.3, -0.25) is 0 Å². The van der Waals surface area contributed by atoms with Crippen molar-refractivity contribution in [2.24, 2.45) is 0 Å². The van der Waals surface area contributed by atoms with Crippen molar-refractivity contribution in [1.29, 1.82) is 0 Å². The normalized spacial score (nSPS) is 12.1. The molecule has 0 saturated carbocycles. The molecule has 0 spiro atoms. The first-order chi connectivity index (χ1) is 27.1. The summed E-state index contributed by atoms with van der Waals surface area (Å²) in [6.45, 7) is 3.05. The molecule has 5 heterocycles. The maximum Gasteiger partial charge on any atom is 0.119 e. The van der Waals surface area contributed by atoms with Gasteiger partial charge in [0.15, 0.2) is 0 Å². The van der Waals surface area contributed by atoms with Crippen LogP contribution in [0.4, 0.5) is 0 Å². The zero-order chi connectivity index (χ0) is 37.8. The van der Waals surface area contributed by atoms with Crippen molar-refractivity contribution < 1.29 is 4.74 Å². The van der Waals surface area contributed by atoms with Gasteiger partial charge in [-0.05, 0) is 123 Å². The molecule has 7 heteroatoms. The van der Waals surface area contributed by atoms with E-state index in [9.17, 15) is 0 Å². The number of rotatable bonds is 18. The molecule has 0 unspecified atom stereocenters. The molecule has 8 bridgehead atoms. The van der Waals surface area contributed by atoms with Crippen molar-refractivity contribution in [3.63, 3.8) is 0 Å². The Labute approximate surface area is 358 Å². The number of aromatic amines is 1. The van der Waals surface area contributed by atoms with Crippen LogP contribution in [0.1, 0.15) is 120 Å². The van der Waals surface area contributed by atoms with E-state index in [0.717, 1.165) is 82.0 Å². The summed E-state index contributed by atoms with van der Waals surface area (Å²) in [5.41, 5.74) is 10.5. The zero-order valence-corrected chi connectivity index (χ0v) is 37.0. The Morgan fingerprint density at radius 3 is 1.47 bits per heavy atom. The fourth-order valence-corrected chi connectivity index (χ4v) is 9.81. The minimum Gasteiger partial charge on any atom is -0.494 e. The number of benzene rings is 2. The third kappa shape index (κ3) is 10.4. The second-order valence-corrected chi connectivity index (χ2v) is 17.8. The first-order valence-corrected chi connectivity index (χ1v) is 23.2. The maximum absolute atomic E-state index is 6.24. The van der Waals surface area contributed by atoms with E-state index >= 15 is 0 Å². The van der Waals surface area contributed by atoms with Crippen molar-refractivity contribution in [3.05, 3.63) is 109 Å². The van der Waals surface area contributed by atoms with Gasteiger partial charge in [-0.25, -0.2) is 9.97 Å². The number of thiophene rings is 1. The Balaban J connectivity index is 1.09. The second kappa shape index (κ2) is 20.2. The van der Waals surface area contributed by atoms with Gasteiger partial charge in [-0.1, -0.05) is 133 Å². The molecule has 0 aliphatic carbocycles. The van der Waals surface area contributed by atoms with Crippen molar-refractivity contribution in [2.45, 2.75) is 96.8 Å². The van der Waals surface area contributed by atoms with Gasteiger partial charge in [-0.2, -0.15) is 0 Å². The smallest absolute Gasteiger partial charge is 0.119 e. The summed E-state index contributed by atoms with van der Waals surface area (Å²) < 4.78 is 10.8. The predicted molar refractivity (Wildman–Crippen MR) is 254 cm³/mol. The lowest BCUT2D eigenvalue weighted by molar-refractivity contribution is 0.304. The van der Waals surface area contributed by atoms with Crippen LogP contribution in [0, 0.1) is 7.14 Å². The number of nitrogens with zero attached hydrogens (tertiary/aromatic N) is 2. The van der Waals surface area contributed by atoms with E-state index in [0.29, 0.717) is 0 Å². The lowest BCUT2D eigenvalue weighted by Crippen LogP contribution is -1.97. The summed E-state index contributed by atoms with van der Waals surface area (Å²) in [5.74, 6) is 0.921. The standard InChI is InChI=1S/C48H51I2N3OS/c1-2-3-4-5-6-7-8-9-10-11-12-13-14-18-33-54-36-23-21-35(22-24-36)46-38-26-28-40(52-38)48(50)42-30-29-41(53-42)47(49)39-27-25-37(51-39)45(34-19-16-15-17-20-34)43-31-32-44(46)55-43/h15-17,19-32,53H,2-14,18,33H2,1H3. The molecule has 1 N–H and O–H groups in total. The molecule has 0 fully saturated rings. The van der Waals surface area contributed by atoms with Gasteiger partial charge in [0, 0.05) is 20.5 Å². The molecule has 0 radical (unpaired) electrons. The number of hydrogen-bond acceptors (Lipinski definition) is 4. The SMILES string of the molecule is CCCCCCCCCCCCCCCCOc1ccc(-c2c3nc(c(I)c4ccc([nH]4)c(I)c4nc(c(-c5ccccc5)c5ccc2s5)C=C4)C=C3)cc1. The molecule has 2 aliphatic heterocycles. The quantitative estimate of drug-likeness (QED) is 0.0689. The van der Waals surface area contributed by atoms with Crippen molar-refractivity contribution in [3.8, 4) is 28.0 Å². The zero-order valence-electron chi connectivity index (χ0n) is 31.9. The van der Waals surface area contributed by atoms with Crippen molar-refractivity contribution in [2.75, 3.05) is 6.61 Å². The van der Waals surface area contributed by atoms with E-state index in [1.54, 1.807) is 11.3 Å². The van der Waals surface area contributed by atoms with Crippen LogP contribution in [0.2, 0.25) is 0 Å². The molecule has 0 saturated heterocycles. The molecule has 5 aromatic rings. The first kappa shape index (κ1) is 39.9. The molecular weight excluding hydrogens is 920 g/mol. The third-order valence-corrected chi connectivity index (χ3v) is 13.9. The highest BCUT2D eigenvalue weighted by Crippen LogP contribution is 2.40. The molecular formula is C48H51I2N3OS. The third-order valence-electron chi connectivity index (χ3n) is 10.5. The van der Waals surface area contributed by atoms with E-state index < -0.39 is 0 Å². The highest BCUT2D eigenvalue weighted by atomic mass is 127. The van der Waals surface area contributed by atoms with Gasteiger partial charge in [0.25, 0.3) is 0 Å². The van der Waals surface area contributed by atoms with Crippen LogP contribution < -0.4 is 4.74 Å². The highest BCUT2D eigenvalue weighted by Gasteiger charge is 2.17. The van der Waals surface area contributed by atoms with Gasteiger partial charge in [0.1, 0.15) is 5.75 Å². The van der Waals surface area contributed by atoms with Crippen molar-refractivity contribution >= 4 is 101 Å². The number of aromatic nitrogens is 3. The van der Waals surface area contributed by atoms with Gasteiger partial charge in [0.2, 0.25) is 0 Å². The lowest BCUT2D eigenvalue weighted by Gasteiger charge is -2.09. The van der Waals surface area contributed by atoms with Crippen LogP contribution in [0.3, 0.4) is 0 Å². The van der Waals surface area contributed by atoms with Crippen molar-refractivity contribution in [1.82, 2.24) is 15.0 Å². The minimum atomic E-state index is 0.761. The van der Waals surface area contributed by atoms with E-state index in [2.05, 4.69) is 160 Å². The fraction of sp³-hybridized carbons (Fsp3) is 0.333. The predicted octanol–water partition coefficient (Wildman–Crippen LogP) is 15.8. The molecule has 0 amide bonds. The summed E-state index contributed by atoms with van der Waals surface area (Å²) in [4.78, 5) is 14.1. The van der Waals surface area contributed by atoms with E-state index in [1.807, 2.05) is 0 Å². The first-order valence-electron chi connectivity index (χ1n) is 20.3. The Morgan fingerprint density at radius 2 is 0.964 bits per heavy atom. The van der Waals surface area contributed by atoms with Gasteiger partial charge < -0.3 is 9.72 Å². The summed E-state index contributed by atoms with van der Waals surface area (Å²) >= 11 is 6.63. The molecule has 4 nitrogen and oxygen atoms in total. The average Bonchev–Trinajstić information content (AvgIpc) is 4.06. The van der Waals surface area contributed by atoms with Crippen LogP contribution >= 0.6 is 56.5 Å². The summed E-state index contributed by atoms with van der Waals surface area (Å²) in [6.07, 6.45) is 27.6. The van der Waals surface area contributed by atoms with Crippen LogP contribution in [0.5, 0.6) is 5.75 Å². The molecule has 7 rings (SSSR count). The Bertz CT molecular complexity index is 2270. The lowest BCUT2D eigenvalue weighted by atomic mass is 10.0. The minimum absolute atomic E-state index is 0.761. The van der Waals surface area contributed by atoms with E-state index in [4.69, 9.17) is 14.7 Å². The Morgan fingerprint density at radius 1 is 0.509 bits per heavy atom. The average molecular weight is 972 g/mol. The summed E-state index contributed by atoms with van der Waals surface area (Å²) in [5, 5.41) is 0. The molecule has 55 heavy (non-hydrogen) atoms. The summed E-state index contributed by atoms with van der Waals surface area (Å²) in [6, 6.07) is 28.0. The van der Waals surface area contributed by atoms with Crippen LogP contribution in [0.15, 0.2) is 78.9 Å². The van der Waals surface area contributed by atoms with Gasteiger partial charge in [-0.15, -0.1) is 11.3 Å². The van der Waals surface area contributed by atoms with Crippen LogP contribution in [-0.4, -0.2) is 21.6 Å². The largest absolute Gasteiger partial charge is 0.494 e. The topological polar surface area (TPSA) is 50.8 Å². The maximum atomic E-state index is 6.24. The monoisotopic (exact) mass is 971 g/mol. The Kier molecular flexibility index (Phi) is 14.7. The Hall–Kier alpha value is -3.28. The number of hydrogen-bond donors (Lipinski definition) is 1. The summed E-state index contributed by atoms with van der Waals surface area (Å²) in [7, 11) is 0. The molecule has 2 aromatic carbocycles. The van der Waals surface area contributed by atoms with E-state index in [-0.39, 0.29) is 0 Å². The molecule has 0 atom stereocenters. The molecule has 3 aromatic heterocycles. The van der Waals surface area contributed by atoms with Gasteiger partial charge in [0.05, 0.1) is 47.6 Å². The number of ether oxygens (including phenoxy) is 1. The number of fused-ring (bicyclic) bond motifs is 8. The second-order valence-electron chi connectivity index (χ2n) is 14.6. The number of H-pyrrole nitrogens is 1. The fourth-order valence-electron chi connectivity index (χ4n) is 7.42. The van der Waals surface area contributed by atoms with E-state index in [1.165, 1.54) is 92.9 Å². The number of halogens is 2.